The van der Waals surface area contributed by atoms with E-state index in [1.807, 2.05) is 36.4 Å². The van der Waals surface area contributed by atoms with E-state index < -0.39 is 6.04 Å². The van der Waals surface area contributed by atoms with Gasteiger partial charge in [0.1, 0.15) is 6.61 Å². The van der Waals surface area contributed by atoms with Gasteiger partial charge in [-0.1, -0.05) is 36.4 Å². The van der Waals surface area contributed by atoms with Crippen molar-refractivity contribution >= 4 is 5.91 Å². The number of ether oxygens (including phenoxy) is 2. The Hall–Kier alpha value is -3.19. The molecule has 0 aliphatic carbocycles. The van der Waals surface area contributed by atoms with Crippen LogP contribution in [0.5, 0.6) is 5.88 Å². The summed E-state index contributed by atoms with van der Waals surface area (Å²) in [6.45, 7) is 1.32. The molecule has 7 heteroatoms. The van der Waals surface area contributed by atoms with Crippen LogP contribution in [-0.2, 0) is 16.1 Å². The number of rotatable bonds is 9. The molecule has 0 saturated heterocycles. The molecule has 2 heterocycles. The van der Waals surface area contributed by atoms with Gasteiger partial charge in [-0.25, -0.2) is 4.98 Å². The van der Waals surface area contributed by atoms with Crippen molar-refractivity contribution in [2.75, 3.05) is 20.3 Å². The van der Waals surface area contributed by atoms with Gasteiger partial charge >= 0.3 is 0 Å². The number of nitrogens with zero attached hydrogens (tertiary/aromatic N) is 3. The standard InChI is InChI=1S/C20H22N4O3/c1-26-12-13-27-18-9-8-16(14-21-18)15-22-20(25)19(24-11-5-10-23-24)17-6-3-2-4-7-17/h2-11,14,19H,12-13,15H2,1H3,(H,22,25). The van der Waals surface area contributed by atoms with E-state index in [4.69, 9.17) is 9.47 Å². The number of pyridine rings is 1. The highest BCUT2D eigenvalue weighted by Gasteiger charge is 2.22. The minimum atomic E-state index is -0.522. The number of benzene rings is 1. The molecule has 7 nitrogen and oxygen atoms in total. The molecule has 3 aromatic rings. The summed E-state index contributed by atoms with van der Waals surface area (Å²) < 4.78 is 12.0. The molecule has 1 atom stereocenters. The van der Waals surface area contributed by atoms with E-state index in [1.165, 1.54) is 0 Å². The minimum absolute atomic E-state index is 0.134. The second-order valence-corrected chi connectivity index (χ2v) is 5.86. The van der Waals surface area contributed by atoms with Crippen LogP contribution < -0.4 is 10.1 Å². The highest BCUT2D eigenvalue weighted by molar-refractivity contribution is 5.83. The Balaban J connectivity index is 1.63. The van der Waals surface area contributed by atoms with E-state index in [1.54, 1.807) is 42.5 Å². The van der Waals surface area contributed by atoms with Gasteiger partial charge in [-0.3, -0.25) is 9.48 Å². The van der Waals surface area contributed by atoms with Crippen molar-refractivity contribution in [1.82, 2.24) is 20.1 Å². The highest BCUT2D eigenvalue weighted by Crippen LogP contribution is 2.18. The first-order valence-electron chi connectivity index (χ1n) is 8.66. The number of aromatic nitrogens is 3. The van der Waals surface area contributed by atoms with Crippen LogP contribution in [0.2, 0.25) is 0 Å². The molecule has 0 bridgehead atoms. The number of carbonyl (C=O) groups is 1. The summed E-state index contributed by atoms with van der Waals surface area (Å²) in [6, 6.07) is 14.5. The maximum atomic E-state index is 12.8. The summed E-state index contributed by atoms with van der Waals surface area (Å²) in [5, 5.41) is 7.19. The second kappa shape index (κ2) is 9.49. The SMILES string of the molecule is COCCOc1ccc(CNC(=O)C(c2ccccc2)n2cccn2)cn1. The molecule has 0 aliphatic rings. The smallest absolute Gasteiger partial charge is 0.249 e. The van der Waals surface area contributed by atoms with E-state index in [0.717, 1.165) is 11.1 Å². The van der Waals surface area contributed by atoms with Crippen molar-refractivity contribution in [1.29, 1.82) is 0 Å². The molecule has 0 saturated carbocycles. The number of methoxy groups -OCH3 is 1. The minimum Gasteiger partial charge on any atom is -0.475 e. The average Bonchev–Trinajstić information content (AvgIpc) is 3.23. The third-order valence-corrected chi connectivity index (χ3v) is 3.95. The third kappa shape index (κ3) is 5.15. The molecule has 1 N–H and O–H groups in total. The van der Waals surface area contributed by atoms with Gasteiger partial charge in [-0.2, -0.15) is 5.10 Å². The summed E-state index contributed by atoms with van der Waals surface area (Å²) in [4.78, 5) is 17.1. The molecule has 1 aromatic carbocycles. The number of amides is 1. The van der Waals surface area contributed by atoms with E-state index in [2.05, 4.69) is 15.4 Å². The van der Waals surface area contributed by atoms with Crippen LogP contribution >= 0.6 is 0 Å². The van der Waals surface area contributed by atoms with Gasteiger partial charge in [0.05, 0.1) is 6.61 Å². The Labute approximate surface area is 158 Å². The van der Waals surface area contributed by atoms with Crippen LogP contribution in [0.4, 0.5) is 0 Å². The van der Waals surface area contributed by atoms with E-state index in [9.17, 15) is 4.79 Å². The number of hydrogen-bond acceptors (Lipinski definition) is 5. The zero-order chi connectivity index (χ0) is 18.9. The molecule has 0 spiro atoms. The number of carbonyl (C=O) groups excluding carboxylic acids is 1. The van der Waals surface area contributed by atoms with Crippen molar-refractivity contribution in [3.63, 3.8) is 0 Å². The van der Waals surface area contributed by atoms with Crippen molar-refractivity contribution in [3.8, 4) is 5.88 Å². The fourth-order valence-corrected chi connectivity index (χ4v) is 2.61. The Morgan fingerprint density at radius 3 is 2.67 bits per heavy atom. The molecule has 0 radical (unpaired) electrons. The monoisotopic (exact) mass is 366 g/mol. The first-order valence-corrected chi connectivity index (χ1v) is 8.66. The van der Waals surface area contributed by atoms with Crippen LogP contribution in [-0.4, -0.2) is 41.0 Å². The van der Waals surface area contributed by atoms with E-state index in [0.29, 0.717) is 25.6 Å². The lowest BCUT2D eigenvalue weighted by Crippen LogP contribution is -2.33. The predicted molar refractivity (Wildman–Crippen MR) is 100 cm³/mol. The van der Waals surface area contributed by atoms with Crippen LogP contribution in [0.1, 0.15) is 17.2 Å². The molecule has 0 fully saturated rings. The number of hydrogen-bond donors (Lipinski definition) is 1. The Kier molecular flexibility index (Phi) is 6.54. The summed E-state index contributed by atoms with van der Waals surface area (Å²) in [6.07, 6.45) is 5.13. The quantitative estimate of drug-likeness (QED) is 0.588. The normalized spacial score (nSPS) is 11.7. The zero-order valence-corrected chi connectivity index (χ0v) is 15.1. The molecular weight excluding hydrogens is 344 g/mol. The average molecular weight is 366 g/mol. The largest absolute Gasteiger partial charge is 0.475 e. The summed E-state index contributed by atoms with van der Waals surface area (Å²) in [5.74, 6) is 0.395. The lowest BCUT2D eigenvalue weighted by atomic mass is 10.1. The molecule has 3 rings (SSSR count). The molecule has 0 aliphatic heterocycles. The third-order valence-electron chi connectivity index (χ3n) is 3.95. The zero-order valence-electron chi connectivity index (χ0n) is 15.1. The van der Waals surface area contributed by atoms with Crippen molar-refractivity contribution < 1.29 is 14.3 Å². The van der Waals surface area contributed by atoms with E-state index in [-0.39, 0.29) is 5.91 Å². The van der Waals surface area contributed by atoms with Crippen LogP contribution in [0, 0.1) is 0 Å². The summed E-state index contributed by atoms with van der Waals surface area (Å²) >= 11 is 0. The first kappa shape index (κ1) is 18.6. The Morgan fingerprint density at radius 1 is 1.15 bits per heavy atom. The van der Waals surface area contributed by atoms with Crippen LogP contribution in [0.3, 0.4) is 0 Å². The fraction of sp³-hybridized carbons (Fsp3) is 0.250. The van der Waals surface area contributed by atoms with Gasteiger partial charge in [-0.05, 0) is 17.2 Å². The molecular formula is C20H22N4O3. The topological polar surface area (TPSA) is 78.3 Å². The highest BCUT2D eigenvalue weighted by atomic mass is 16.5. The van der Waals surface area contributed by atoms with Gasteiger partial charge in [0.25, 0.3) is 0 Å². The summed E-state index contributed by atoms with van der Waals surface area (Å²) in [5.41, 5.74) is 1.76. The lowest BCUT2D eigenvalue weighted by Gasteiger charge is -2.18. The molecule has 27 heavy (non-hydrogen) atoms. The summed E-state index contributed by atoms with van der Waals surface area (Å²) in [7, 11) is 1.62. The van der Waals surface area contributed by atoms with Crippen molar-refractivity contribution in [2.24, 2.45) is 0 Å². The predicted octanol–water partition coefficient (Wildman–Crippen LogP) is 2.21. The molecule has 1 amide bonds. The lowest BCUT2D eigenvalue weighted by molar-refractivity contribution is -0.123. The van der Waals surface area contributed by atoms with Gasteiger partial charge in [0.15, 0.2) is 6.04 Å². The van der Waals surface area contributed by atoms with Gasteiger partial charge in [-0.15, -0.1) is 0 Å². The first-order chi connectivity index (χ1) is 13.3. The molecule has 1 unspecified atom stereocenters. The van der Waals surface area contributed by atoms with Crippen molar-refractivity contribution in [2.45, 2.75) is 12.6 Å². The fourth-order valence-electron chi connectivity index (χ4n) is 2.61. The Bertz CT molecular complexity index is 820. The number of nitrogens with one attached hydrogen (secondary N) is 1. The van der Waals surface area contributed by atoms with Crippen molar-refractivity contribution in [3.05, 3.63) is 78.2 Å². The molecule has 140 valence electrons. The van der Waals surface area contributed by atoms with E-state index >= 15 is 0 Å². The second-order valence-electron chi connectivity index (χ2n) is 5.86. The molecule has 2 aromatic heterocycles. The van der Waals surface area contributed by atoms with Crippen LogP contribution in [0.25, 0.3) is 0 Å². The Morgan fingerprint density at radius 2 is 2.00 bits per heavy atom. The maximum absolute atomic E-state index is 12.8. The van der Waals surface area contributed by atoms with Gasteiger partial charge < -0.3 is 14.8 Å². The maximum Gasteiger partial charge on any atom is 0.249 e. The van der Waals surface area contributed by atoms with Gasteiger partial charge in [0, 0.05) is 38.3 Å². The van der Waals surface area contributed by atoms with Gasteiger partial charge in [0.2, 0.25) is 11.8 Å². The van der Waals surface area contributed by atoms with Crippen LogP contribution in [0.15, 0.2) is 67.1 Å².